The molecule has 1 saturated carbocycles. The molecule has 0 saturated heterocycles. The van der Waals surface area contributed by atoms with E-state index >= 15 is 0 Å². The van der Waals surface area contributed by atoms with E-state index in [-0.39, 0.29) is 24.4 Å². The van der Waals surface area contributed by atoms with E-state index in [4.69, 9.17) is 10.5 Å². The number of hydrogen-bond donors (Lipinski definition) is 2. The Hall–Kier alpha value is -1.10. The quantitative estimate of drug-likeness (QED) is 0.897. The van der Waals surface area contributed by atoms with Crippen LogP contribution in [0.3, 0.4) is 0 Å². The lowest BCUT2D eigenvalue weighted by Gasteiger charge is -2.28. The van der Waals surface area contributed by atoms with Crippen molar-refractivity contribution in [3.63, 3.8) is 0 Å². The number of ether oxygens (including phenoxy) is 1. The van der Waals surface area contributed by atoms with E-state index in [1.807, 2.05) is 18.2 Å². The molecule has 0 bridgehead atoms. The Bertz CT molecular complexity index is 495. The van der Waals surface area contributed by atoms with Crippen LogP contribution in [0.15, 0.2) is 24.3 Å². The highest BCUT2D eigenvalue weighted by atomic mass is 35.5. The Labute approximate surface area is 131 Å². The van der Waals surface area contributed by atoms with Gasteiger partial charge in [0.15, 0.2) is 6.10 Å². The second-order valence-corrected chi connectivity index (χ2v) is 5.74. The normalized spacial score (nSPS) is 27.6. The highest BCUT2D eigenvalue weighted by molar-refractivity contribution is 5.85. The third-order valence-corrected chi connectivity index (χ3v) is 4.52. The summed E-state index contributed by atoms with van der Waals surface area (Å²) in [6.07, 6.45) is 3.72. The van der Waals surface area contributed by atoms with Gasteiger partial charge in [-0.25, -0.2) is 0 Å². The molecular weight excluding hydrogens is 288 g/mol. The van der Waals surface area contributed by atoms with Gasteiger partial charge in [0.1, 0.15) is 0 Å². The van der Waals surface area contributed by atoms with Crippen LogP contribution in [-0.4, -0.2) is 25.1 Å². The molecule has 116 valence electrons. The number of fused-ring (bicyclic) bond motifs is 1. The molecule has 21 heavy (non-hydrogen) atoms. The highest BCUT2D eigenvalue weighted by Crippen LogP contribution is 2.29. The van der Waals surface area contributed by atoms with Gasteiger partial charge in [-0.2, -0.15) is 0 Å². The molecule has 1 aromatic rings. The molecule has 1 amide bonds. The van der Waals surface area contributed by atoms with Gasteiger partial charge in [0, 0.05) is 6.04 Å². The summed E-state index contributed by atoms with van der Waals surface area (Å²) in [6.45, 7) is 1.26. The Balaban J connectivity index is 0.00000161. The standard InChI is InChI=1S/C16H22N2O2.ClH/c17-10-12-5-3-7-14(12)18-16(19)15-13-6-2-1-4-11(13)8-9-20-15;/h1-2,4,6,12,14-15H,3,5,7-10,17H2,(H,18,19);1H. The van der Waals surface area contributed by atoms with Crippen molar-refractivity contribution in [3.8, 4) is 0 Å². The van der Waals surface area contributed by atoms with Crippen LogP contribution in [0.5, 0.6) is 0 Å². The first-order chi connectivity index (χ1) is 9.79. The molecule has 3 atom stereocenters. The summed E-state index contributed by atoms with van der Waals surface area (Å²) >= 11 is 0. The average Bonchev–Trinajstić information content (AvgIpc) is 2.93. The number of carbonyl (C=O) groups is 1. The first-order valence-electron chi connectivity index (χ1n) is 7.49. The first kappa shape index (κ1) is 16.3. The highest BCUT2D eigenvalue weighted by Gasteiger charge is 2.32. The van der Waals surface area contributed by atoms with Gasteiger partial charge in [0.05, 0.1) is 6.61 Å². The van der Waals surface area contributed by atoms with Crippen molar-refractivity contribution >= 4 is 18.3 Å². The zero-order valence-corrected chi connectivity index (χ0v) is 12.9. The van der Waals surface area contributed by atoms with Crippen LogP contribution in [0.2, 0.25) is 0 Å². The number of nitrogens with one attached hydrogen (secondary N) is 1. The third kappa shape index (κ3) is 3.39. The van der Waals surface area contributed by atoms with Crippen LogP contribution in [0, 0.1) is 5.92 Å². The second-order valence-electron chi connectivity index (χ2n) is 5.74. The molecule has 1 aliphatic heterocycles. The van der Waals surface area contributed by atoms with E-state index in [1.165, 1.54) is 5.56 Å². The first-order valence-corrected chi connectivity index (χ1v) is 7.49. The van der Waals surface area contributed by atoms with Crippen LogP contribution in [0.1, 0.15) is 36.5 Å². The van der Waals surface area contributed by atoms with Crippen molar-refractivity contribution in [3.05, 3.63) is 35.4 Å². The topological polar surface area (TPSA) is 64.3 Å². The van der Waals surface area contributed by atoms with Crippen molar-refractivity contribution in [2.75, 3.05) is 13.2 Å². The van der Waals surface area contributed by atoms with E-state index in [2.05, 4.69) is 11.4 Å². The van der Waals surface area contributed by atoms with Gasteiger partial charge in [-0.1, -0.05) is 30.7 Å². The van der Waals surface area contributed by atoms with Gasteiger partial charge in [0.2, 0.25) is 0 Å². The largest absolute Gasteiger partial charge is 0.363 e. The van der Waals surface area contributed by atoms with E-state index in [0.29, 0.717) is 19.1 Å². The Morgan fingerprint density at radius 1 is 1.33 bits per heavy atom. The summed E-state index contributed by atoms with van der Waals surface area (Å²) < 4.78 is 5.70. The maximum atomic E-state index is 12.5. The number of rotatable bonds is 3. The van der Waals surface area contributed by atoms with E-state index in [1.54, 1.807) is 0 Å². The van der Waals surface area contributed by atoms with Crippen LogP contribution in [-0.2, 0) is 16.0 Å². The molecule has 3 N–H and O–H groups in total. The second kappa shape index (κ2) is 7.25. The molecule has 5 heteroatoms. The van der Waals surface area contributed by atoms with Gasteiger partial charge in [-0.05, 0) is 42.9 Å². The zero-order valence-electron chi connectivity index (χ0n) is 12.1. The number of benzene rings is 1. The molecule has 3 rings (SSSR count). The van der Waals surface area contributed by atoms with Gasteiger partial charge < -0.3 is 15.8 Å². The maximum absolute atomic E-state index is 12.5. The predicted molar refractivity (Wildman–Crippen MR) is 84.4 cm³/mol. The molecular formula is C16H23ClN2O2. The summed E-state index contributed by atoms with van der Waals surface area (Å²) in [4.78, 5) is 12.5. The lowest BCUT2D eigenvalue weighted by atomic mass is 9.96. The fourth-order valence-corrected chi connectivity index (χ4v) is 3.38. The maximum Gasteiger partial charge on any atom is 0.254 e. The average molecular weight is 311 g/mol. The summed E-state index contributed by atoms with van der Waals surface area (Å²) in [5.41, 5.74) is 8.01. The van der Waals surface area contributed by atoms with Crippen molar-refractivity contribution in [1.82, 2.24) is 5.32 Å². The predicted octanol–water partition coefficient (Wildman–Crippen LogP) is 1.97. The van der Waals surface area contributed by atoms with Gasteiger partial charge in [-0.3, -0.25) is 4.79 Å². The van der Waals surface area contributed by atoms with Gasteiger partial charge in [0.25, 0.3) is 5.91 Å². The summed E-state index contributed by atoms with van der Waals surface area (Å²) in [7, 11) is 0. The molecule has 0 aromatic heterocycles. The zero-order chi connectivity index (χ0) is 13.9. The number of hydrogen-bond acceptors (Lipinski definition) is 3. The smallest absolute Gasteiger partial charge is 0.254 e. The SMILES string of the molecule is Cl.NCC1CCCC1NC(=O)C1OCCc2ccccc21. The molecule has 1 heterocycles. The fraction of sp³-hybridized carbons (Fsp3) is 0.562. The van der Waals surface area contributed by atoms with E-state index < -0.39 is 6.10 Å². The molecule has 0 spiro atoms. The fourth-order valence-electron chi connectivity index (χ4n) is 3.38. The summed E-state index contributed by atoms with van der Waals surface area (Å²) in [5.74, 6) is 0.403. The van der Waals surface area contributed by atoms with Crippen molar-refractivity contribution in [2.45, 2.75) is 37.8 Å². The van der Waals surface area contributed by atoms with E-state index in [9.17, 15) is 4.79 Å². The van der Waals surface area contributed by atoms with Gasteiger partial charge >= 0.3 is 0 Å². The molecule has 1 aliphatic carbocycles. The molecule has 4 nitrogen and oxygen atoms in total. The Morgan fingerprint density at radius 3 is 2.95 bits per heavy atom. The minimum absolute atomic E-state index is 0. The molecule has 3 unspecified atom stereocenters. The molecule has 1 aromatic carbocycles. The van der Waals surface area contributed by atoms with Gasteiger partial charge in [-0.15, -0.1) is 12.4 Å². The molecule has 2 aliphatic rings. The van der Waals surface area contributed by atoms with Crippen LogP contribution in [0.4, 0.5) is 0 Å². The van der Waals surface area contributed by atoms with Crippen LogP contribution >= 0.6 is 12.4 Å². The third-order valence-electron chi connectivity index (χ3n) is 4.52. The van der Waals surface area contributed by atoms with Crippen molar-refractivity contribution < 1.29 is 9.53 Å². The minimum Gasteiger partial charge on any atom is -0.363 e. The number of nitrogens with two attached hydrogens (primary N) is 1. The van der Waals surface area contributed by atoms with E-state index in [0.717, 1.165) is 31.2 Å². The number of amides is 1. The van der Waals surface area contributed by atoms with Crippen LogP contribution in [0.25, 0.3) is 0 Å². The molecule has 0 radical (unpaired) electrons. The Kier molecular flexibility index (Phi) is 5.62. The number of halogens is 1. The van der Waals surface area contributed by atoms with Crippen molar-refractivity contribution in [2.24, 2.45) is 11.7 Å². The van der Waals surface area contributed by atoms with Crippen molar-refractivity contribution in [1.29, 1.82) is 0 Å². The monoisotopic (exact) mass is 310 g/mol. The lowest BCUT2D eigenvalue weighted by Crippen LogP contribution is -2.43. The van der Waals surface area contributed by atoms with Crippen LogP contribution < -0.4 is 11.1 Å². The summed E-state index contributed by atoms with van der Waals surface area (Å²) in [5, 5.41) is 3.15. The number of carbonyl (C=O) groups excluding carboxylic acids is 1. The lowest BCUT2D eigenvalue weighted by molar-refractivity contribution is -0.135. The molecule has 1 fully saturated rings. The summed E-state index contributed by atoms with van der Waals surface area (Å²) in [6, 6.07) is 8.27. The Morgan fingerprint density at radius 2 is 2.14 bits per heavy atom. The minimum atomic E-state index is -0.459.